The Morgan fingerprint density at radius 2 is 1.81 bits per heavy atom. The molecule has 1 saturated heterocycles. The Labute approximate surface area is 192 Å². The first-order valence-corrected chi connectivity index (χ1v) is 11.4. The normalized spacial score (nSPS) is 18.1. The topological polar surface area (TPSA) is 84.9 Å². The Morgan fingerprint density at radius 3 is 2.44 bits per heavy atom. The molecule has 0 aliphatic carbocycles. The summed E-state index contributed by atoms with van der Waals surface area (Å²) in [7, 11) is 0. The summed E-state index contributed by atoms with van der Waals surface area (Å²) >= 11 is 1.24. The van der Waals surface area contributed by atoms with Crippen molar-refractivity contribution in [2.24, 2.45) is 0 Å². The number of allylic oxidation sites excluding steroid dienone is 1. The highest BCUT2D eigenvalue weighted by Gasteiger charge is 2.28. The van der Waals surface area contributed by atoms with E-state index in [0.29, 0.717) is 23.7 Å². The first kappa shape index (κ1) is 23.7. The first-order chi connectivity index (χ1) is 15.2. The molecule has 1 fully saturated rings. The maximum absolute atomic E-state index is 13.1. The van der Waals surface area contributed by atoms with Gasteiger partial charge in [-0.2, -0.15) is 0 Å². The lowest BCUT2D eigenvalue weighted by Gasteiger charge is -2.35. The third-order valence-corrected chi connectivity index (χ3v) is 5.73. The Balaban J connectivity index is 1.80. The van der Waals surface area contributed by atoms with Gasteiger partial charge >= 0.3 is 5.97 Å². The molecular weight excluding hydrogens is 428 g/mol. The second-order valence-electron chi connectivity index (χ2n) is 8.06. The molecule has 2 aromatic rings. The van der Waals surface area contributed by atoms with Gasteiger partial charge in [-0.25, -0.2) is 4.79 Å². The van der Waals surface area contributed by atoms with E-state index in [1.165, 1.54) is 17.4 Å². The first-order valence-electron chi connectivity index (χ1n) is 10.5. The molecule has 2 amide bonds. The Hall–Kier alpha value is -2.97. The van der Waals surface area contributed by atoms with Crippen molar-refractivity contribution >= 4 is 34.1 Å². The zero-order valence-corrected chi connectivity index (χ0v) is 19.5. The van der Waals surface area contributed by atoms with Crippen molar-refractivity contribution in [1.82, 2.24) is 4.90 Å². The molecule has 1 aromatic carbocycles. The molecule has 1 aromatic heterocycles. The second-order valence-corrected chi connectivity index (χ2v) is 8.94. The smallest absolute Gasteiger partial charge is 0.342 e. The number of nitrogens with zero attached hydrogens (tertiary/aromatic N) is 1. The minimum Gasteiger partial charge on any atom is -0.452 e. The monoisotopic (exact) mass is 456 g/mol. The lowest BCUT2D eigenvalue weighted by molar-refractivity contribution is -0.146. The molecule has 32 heavy (non-hydrogen) atoms. The molecule has 7 nitrogen and oxygen atoms in total. The number of hydrogen-bond donors (Lipinski definition) is 1. The number of rotatable bonds is 6. The van der Waals surface area contributed by atoms with Crippen molar-refractivity contribution in [3.05, 3.63) is 52.9 Å². The molecule has 0 radical (unpaired) electrons. The van der Waals surface area contributed by atoms with Crippen LogP contribution in [0.2, 0.25) is 0 Å². The summed E-state index contributed by atoms with van der Waals surface area (Å²) in [5.41, 5.74) is 2.55. The van der Waals surface area contributed by atoms with Gasteiger partial charge in [-0.1, -0.05) is 35.9 Å². The number of amides is 2. The van der Waals surface area contributed by atoms with E-state index in [0.717, 1.165) is 11.1 Å². The predicted molar refractivity (Wildman–Crippen MR) is 125 cm³/mol. The second kappa shape index (κ2) is 10.6. The SMILES string of the molecule is CC(C)=CC(=O)Nc1scc(-c2ccccc2)c1C(=O)OCC(=O)N1CC(C)OC(C)C1. The van der Waals surface area contributed by atoms with Crippen LogP contribution in [0.5, 0.6) is 0 Å². The van der Waals surface area contributed by atoms with Gasteiger partial charge in [0.15, 0.2) is 6.61 Å². The maximum Gasteiger partial charge on any atom is 0.342 e. The van der Waals surface area contributed by atoms with E-state index in [1.807, 2.05) is 58.0 Å². The Bertz CT molecular complexity index is 1000. The molecule has 0 bridgehead atoms. The van der Waals surface area contributed by atoms with E-state index < -0.39 is 5.97 Å². The van der Waals surface area contributed by atoms with Gasteiger partial charge in [-0.3, -0.25) is 9.59 Å². The number of hydrogen-bond acceptors (Lipinski definition) is 6. The average Bonchev–Trinajstić information content (AvgIpc) is 3.14. The minimum atomic E-state index is -0.652. The molecule has 3 rings (SSSR count). The van der Waals surface area contributed by atoms with Crippen LogP contribution in [-0.4, -0.2) is 54.6 Å². The summed E-state index contributed by atoms with van der Waals surface area (Å²) in [4.78, 5) is 39.6. The number of carbonyl (C=O) groups is 3. The molecule has 2 unspecified atom stereocenters. The van der Waals surface area contributed by atoms with Crippen molar-refractivity contribution in [3.8, 4) is 11.1 Å². The van der Waals surface area contributed by atoms with E-state index in [-0.39, 0.29) is 36.2 Å². The summed E-state index contributed by atoms with van der Waals surface area (Å²) in [6.07, 6.45) is 1.31. The van der Waals surface area contributed by atoms with E-state index in [2.05, 4.69) is 5.32 Å². The number of morpholine rings is 1. The summed E-state index contributed by atoms with van der Waals surface area (Å²) < 4.78 is 11.1. The molecule has 1 aliphatic heterocycles. The van der Waals surface area contributed by atoms with Crippen LogP contribution in [0, 0.1) is 0 Å². The van der Waals surface area contributed by atoms with Crippen molar-refractivity contribution in [3.63, 3.8) is 0 Å². The van der Waals surface area contributed by atoms with E-state index >= 15 is 0 Å². The third kappa shape index (κ3) is 6.05. The fraction of sp³-hybridized carbons (Fsp3) is 0.375. The average molecular weight is 457 g/mol. The lowest BCUT2D eigenvalue weighted by atomic mass is 10.0. The zero-order chi connectivity index (χ0) is 23.3. The van der Waals surface area contributed by atoms with Gasteiger partial charge in [0.1, 0.15) is 10.6 Å². The standard InChI is InChI=1S/C24H28N2O5S/c1-15(2)10-20(27)25-23-22(19(14-32-23)18-8-6-5-7-9-18)24(29)30-13-21(28)26-11-16(3)31-17(4)12-26/h5-10,14,16-17H,11-13H2,1-4H3,(H,25,27). The molecule has 2 heterocycles. The van der Waals surface area contributed by atoms with Gasteiger partial charge in [-0.15, -0.1) is 11.3 Å². The molecule has 8 heteroatoms. The molecule has 2 atom stereocenters. The molecule has 1 N–H and O–H groups in total. The van der Waals surface area contributed by atoms with E-state index in [4.69, 9.17) is 9.47 Å². The summed E-state index contributed by atoms with van der Waals surface area (Å²) in [5, 5.41) is 4.96. The number of ether oxygens (including phenoxy) is 2. The van der Waals surface area contributed by atoms with Crippen molar-refractivity contribution in [2.45, 2.75) is 39.9 Å². The molecular formula is C24H28N2O5S. The fourth-order valence-electron chi connectivity index (χ4n) is 3.57. The van der Waals surface area contributed by atoms with Crippen LogP contribution < -0.4 is 5.32 Å². The molecule has 170 valence electrons. The third-order valence-electron chi connectivity index (χ3n) is 4.84. The molecule has 0 saturated carbocycles. The number of thiophene rings is 1. The molecule has 0 spiro atoms. The predicted octanol–water partition coefficient (Wildman–Crippen LogP) is 4.11. The highest BCUT2D eigenvalue weighted by molar-refractivity contribution is 7.15. The Morgan fingerprint density at radius 1 is 1.16 bits per heavy atom. The highest BCUT2D eigenvalue weighted by Crippen LogP contribution is 2.36. The number of benzene rings is 1. The van der Waals surface area contributed by atoms with Gasteiger partial charge in [0.2, 0.25) is 5.91 Å². The lowest BCUT2D eigenvalue weighted by Crippen LogP contribution is -2.49. The van der Waals surface area contributed by atoms with Crippen molar-refractivity contribution in [1.29, 1.82) is 0 Å². The summed E-state index contributed by atoms with van der Waals surface area (Å²) in [6, 6.07) is 9.38. The Kier molecular flexibility index (Phi) is 7.82. The van der Waals surface area contributed by atoms with Crippen LogP contribution in [0.1, 0.15) is 38.1 Å². The highest BCUT2D eigenvalue weighted by atomic mass is 32.1. The number of nitrogens with one attached hydrogen (secondary N) is 1. The number of carbonyl (C=O) groups excluding carboxylic acids is 3. The summed E-state index contributed by atoms with van der Waals surface area (Å²) in [5.74, 6) is -1.25. The van der Waals surface area contributed by atoms with Gasteiger partial charge in [-0.05, 0) is 33.3 Å². The van der Waals surface area contributed by atoms with Crippen molar-refractivity contribution < 1.29 is 23.9 Å². The molecule has 1 aliphatic rings. The quantitative estimate of drug-likeness (QED) is 0.522. The van der Waals surface area contributed by atoms with Crippen LogP contribution in [-0.2, 0) is 19.1 Å². The van der Waals surface area contributed by atoms with Gasteiger partial charge in [0, 0.05) is 30.1 Å². The maximum atomic E-state index is 13.1. The van der Waals surface area contributed by atoms with E-state index in [9.17, 15) is 14.4 Å². The van der Waals surface area contributed by atoms with Crippen LogP contribution in [0.4, 0.5) is 5.00 Å². The van der Waals surface area contributed by atoms with Crippen LogP contribution in [0.25, 0.3) is 11.1 Å². The summed E-state index contributed by atoms with van der Waals surface area (Å²) in [6.45, 7) is 7.98. The number of anilines is 1. The van der Waals surface area contributed by atoms with Gasteiger partial charge < -0.3 is 19.7 Å². The van der Waals surface area contributed by atoms with Crippen LogP contribution in [0.3, 0.4) is 0 Å². The van der Waals surface area contributed by atoms with Crippen molar-refractivity contribution in [2.75, 3.05) is 25.0 Å². The number of esters is 1. The van der Waals surface area contributed by atoms with Gasteiger partial charge in [0.05, 0.1) is 12.2 Å². The fourth-order valence-corrected chi connectivity index (χ4v) is 4.53. The van der Waals surface area contributed by atoms with Crippen LogP contribution in [0.15, 0.2) is 47.4 Å². The van der Waals surface area contributed by atoms with E-state index in [1.54, 1.807) is 10.3 Å². The zero-order valence-electron chi connectivity index (χ0n) is 18.7. The van der Waals surface area contributed by atoms with Crippen LogP contribution >= 0.6 is 11.3 Å². The largest absolute Gasteiger partial charge is 0.452 e. The van der Waals surface area contributed by atoms with Gasteiger partial charge in [0.25, 0.3) is 5.91 Å². The minimum absolute atomic E-state index is 0.0724.